The van der Waals surface area contributed by atoms with Crippen molar-refractivity contribution < 1.29 is 18.7 Å². The minimum absolute atomic E-state index is 0.0416. The molecule has 0 bridgehead atoms. The first-order valence-electron chi connectivity index (χ1n) is 8.13. The minimum atomic E-state index is -0.310. The van der Waals surface area contributed by atoms with Crippen LogP contribution in [0, 0.1) is 5.82 Å². The molecule has 0 aliphatic carbocycles. The molecule has 0 aliphatic heterocycles. The Bertz CT molecular complexity index is 788. The fourth-order valence-corrected chi connectivity index (χ4v) is 2.47. The number of hydrogen-bond acceptors (Lipinski definition) is 3. The molecule has 0 aromatic heterocycles. The zero-order chi connectivity index (χ0) is 19.1. The van der Waals surface area contributed by atoms with E-state index < -0.39 is 0 Å². The summed E-state index contributed by atoms with van der Waals surface area (Å²) in [5, 5.41) is 3.14. The number of hydrogen-bond donors (Lipinski definition) is 1. The number of ether oxygens (including phenoxy) is 2. The molecule has 0 unspecified atom stereocenters. The molecule has 6 heteroatoms. The van der Waals surface area contributed by atoms with Crippen LogP contribution < -0.4 is 14.8 Å². The Morgan fingerprint density at radius 2 is 1.96 bits per heavy atom. The fourth-order valence-electron chi connectivity index (χ4n) is 2.21. The minimum Gasteiger partial charge on any atom is -0.493 e. The molecule has 0 heterocycles. The van der Waals surface area contributed by atoms with Crippen molar-refractivity contribution in [1.29, 1.82) is 0 Å². The molecule has 0 aliphatic rings. The van der Waals surface area contributed by atoms with Crippen molar-refractivity contribution in [2.75, 3.05) is 7.11 Å². The number of carbonyl (C=O) groups is 1. The van der Waals surface area contributed by atoms with Gasteiger partial charge in [-0.25, -0.2) is 4.39 Å². The van der Waals surface area contributed by atoms with E-state index in [-0.39, 0.29) is 17.8 Å². The van der Waals surface area contributed by atoms with Crippen LogP contribution >= 0.6 is 11.6 Å². The van der Waals surface area contributed by atoms with Crippen molar-refractivity contribution in [2.24, 2.45) is 0 Å². The van der Waals surface area contributed by atoms with E-state index in [0.29, 0.717) is 28.6 Å². The van der Waals surface area contributed by atoms with Gasteiger partial charge < -0.3 is 14.8 Å². The molecule has 0 fully saturated rings. The van der Waals surface area contributed by atoms with Crippen LogP contribution in [-0.2, 0) is 11.3 Å². The van der Waals surface area contributed by atoms with E-state index in [1.54, 1.807) is 30.3 Å². The second-order valence-electron chi connectivity index (χ2n) is 5.88. The van der Waals surface area contributed by atoms with Gasteiger partial charge in [-0.3, -0.25) is 4.79 Å². The molecular formula is C20H21ClFNO3. The molecule has 1 amide bonds. The summed E-state index contributed by atoms with van der Waals surface area (Å²) < 4.78 is 23.8. The van der Waals surface area contributed by atoms with E-state index in [2.05, 4.69) is 5.32 Å². The molecule has 2 rings (SSSR count). The highest BCUT2D eigenvalue weighted by atomic mass is 35.5. The first-order chi connectivity index (χ1) is 12.4. The number of rotatable bonds is 7. The highest BCUT2D eigenvalue weighted by molar-refractivity contribution is 6.32. The summed E-state index contributed by atoms with van der Waals surface area (Å²) in [6.07, 6.45) is 2.99. The first kappa shape index (κ1) is 19.8. The molecule has 0 spiro atoms. The molecule has 1 N–H and O–H groups in total. The van der Waals surface area contributed by atoms with Crippen LogP contribution in [0.3, 0.4) is 0 Å². The van der Waals surface area contributed by atoms with Crippen molar-refractivity contribution in [3.05, 3.63) is 64.4 Å². The van der Waals surface area contributed by atoms with Gasteiger partial charge in [0.1, 0.15) is 5.82 Å². The fraction of sp³-hybridized carbons (Fsp3) is 0.250. The van der Waals surface area contributed by atoms with Crippen LogP contribution in [0.2, 0.25) is 5.02 Å². The Kier molecular flexibility index (Phi) is 7.04. The standard InChI is InChI=1S/C20H21ClFNO3/c1-13(2)26-20-17(21)10-15(11-18(20)25-3)6-9-19(24)23-12-14-4-7-16(22)8-5-14/h4-11,13H,12H2,1-3H3,(H,23,24)/b9-6+. The van der Waals surface area contributed by atoms with Gasteiger partial charge in [-0.2, -0.15) is 0 Å². The summed E-state index contributed by atoms with van der Waals surface area (Å²) in [6.45, 7) is 4.11. The van der Waals surface area contributed by atoms with E-state index in [9.17, 15) is 9.18 Å². The molecule has 0 saturated carbocycles. The first-order valence-corrected chi connectivity index (χ1v) is 8.51. The zero-order valence-corrected chi connectivity index (χ0v) is 15.6. The maximum atomic E-state index is 12.9. The topological polar surface area (TPSA) is 47.6 Å². The van der Waals surface area contributed by atoms with Crippen molar-refractivity contribution in [3.8, 4) is 11.5 Å². The number of halogens is 2. The van der Waals surface area contributed by atoms with Gasteiger partial charge in [-0.05, 0) is 55.3 Å². The Labute approximate surface area is 157 Å². The highest BCUT2D eigenvalue weighted by Gasteiger charge is 2.12. The number of nitrogens with one attached hydrogen (secondary N) is 1. The zero-order valence-electron chi connectivity index (χ0n) is 14.9. The summed E-state index contributed by atoms with van der Waals surface area (Å²) in [7, 11) is 1.53. The molecular weight excluding hydrogens is 357 g/mol. The quantitative estimate of drug-likeness (QED) is 0.717. The van der Waals surface area contributed by atoms with Gasteiger partial charge >= 0.3 is 0 Å². The van der Waals surface area contributed by atoms with Crippen molar-refractivity contribution in [1.82, 2.24) is 5.32 Å². The van der Waals surface area contributed by atoms with Crippen molar-refractivity contribution in [3.63, 3.8) is 0 Å². The van der Waals surface area contributed by atoms with E-state index in [4.69, 9.17) is 21.1 Å². The second-order valence-corrected chi connectivity index (χ2v) is 6.29. The maximum Gasteiger partial charge on any atom is 0.244 e. The highest BCUT2D eigenvalue weighted by Crippen LogP contribution is 2.37. The van der Waals surface area contributed by atoms with Gasteiger partial charge in [0.05, 0.1) is 18.2 Å². The Hall–Kier alpha value is -2.53. The van der Waals surface area contributed by atoms with E-state index in [0.717, 1.165) is 5.56 Å². The summed E-state index contributed by atoms with van der Waals surface area (Å²) >= 11 is 6.26. The number of carbonyl (C=O) groups excluding carboxylic acids is 1. The van der Waals surface area contributed by atoms with Crippen molar-refractivity contribution in [2.45, 2.75) is 26.5 Å². The van der Waals surface area contributed by atoms with Crippen LogP contribution in [0.4, 0.5) is 4.39 Å². The molecule has 26 heavy (non-hydrogen) atoms. The maximum absolute atomic E-state index is 12.9. The molecule has 2 aromatic carbocycles. The third kappa shape index (κ3) is 5.77. The second kappa shape index (κ2) is 9.25. The third-order valence-corrected chi connectivity index (χ3v) is 3.69. The van der Waals surface area contributed by atoms with Crippen molar-refractivity contribution >= 4 is 23.6 Å². The van der Waals surface area contributed by atoms with E-state index in [1.807, 2.05) is 13.8 Å². The largest absolute Gasteiger partial charge is 0.493 e. The number of benzene rings is 2. The molecule has 0 saturated heterocycles. The number of methoxy groups -OCH3 is 1. The van der Waals surface area contributed by atoms with E-state index in [1.165, 1.54) is 25.3 Å². The SMILES string of the molecule is COc1cc(/C=C/C(=O)NCc2ccc(F)cc2)cc(Cl)c1OC(C)C. The van der Waals surface area contributed by atoms with Crippen LogP contribution in [-0.4, -0.2) is 19.1 Å². The lowest BCUT2D eigenvalue weighted by molar-refractivity contribution is -0.116. The molecule has 138 valence electrons. The number of amides is 1. The van der Waals surface area contributed by atoms with Gasteiger partial charge in [0, 0.05) is 12.6 Å². The third-order valence-electron chi connectivity index (χ3n) is 3.41. The predicted octanol–water partition coefficient (Wildman–Crippen LogP) is 4.60. The lowest BCUT2D eigenvalue weighted by atomic mass is 10.1. The summed E-state index contributed by atoms with van der Waals surface area (Å²) in [5.41, 5.74) is 1.52. The monoisotopic (exact) mass is 377 g/mol. The molecule has 0 atom stereocenters. The Morgan fingerprint density at radius 1 is 1.27 bits per heavy atom. The normalized spacial score (nSPS) is 11.0. The predicted molar refractivity (Wildman–Crippen MR) is 101 cm³/mol. The molecule has 0 radical (unpaired) electrons. The van der Waals surface area contributed by atoms with E-state index >= 15 is 0 Å². The smallest absolute Gasteiger partial charge is 0.244 e. The molecule has 4 nitrogen and oxygen atoms in total. The van der Waals surface area contributed by atoms with Crippen LogP contribution in [0.5, 0.6) is 11.5 Å². The van der Waals surface area contributed by atoms with Crippen LogP contribution in [0.15, 0.2) is 42.5 Å². The van der Waals surface area contributed by atoms with Gasteiger partial charge in [-0.15, -0.1) is 0 Å². The van der Waals surface area contributed by atoms with Gasteiger partial charge in [0.25, 0.3) is 0 Å². The average Bonchev–Trinajstić information content (AvgIpc) is 2.61. The Morgan fingerprint density at radius 3 is 2.58 bits per heavy atom. The summed E-state index contributed by atoms with van der Waals surface area (Å²) in [6, 6.07) is 9.40. The van der Waals surface area contributed by atoms with Gasteiger partial charge in [-0.1, -0.05) is 23.7 Å². The lowest BCUT2D eigenvalue weighted by Gasteiger charge is -2.15. The lowest BCUT2D eigenvalue weighted by Crippen LogP contribution is -2.20. The van der Waals surface area contributed by atoms with Gasteiger partial charge in [0.15, 0.2) is 11.5 Å². The van der Waals surface area contributed by atoms with Gasteiger partial charge in [0.2, 0.25) is 5.91 Å². The average molecular weight is 378 g/mol. The molecule has 2 aromatic rings. The Balaban J connectivity index is 2.03. The van der Waals surface area contributed by atoms with Crippen LogP contribution in [0.25, 0.3) is 6.08 Å². The van der Waals surface area contributed by atoms with Crippen LogP contribution in [0.1, 0.15) is 25.0 Å². The summed E-state index contributed by atoms with van der Waals surface area (Å²) in [5.74, 6) is 0.391. The summed E-state index contributed by atoms with van der Waals surface area (Å²) in [4.78, 5) is 11.9.